The zero-order valence-corrected chi connectivity index (χ0v) is 13.2. The molecule has 0 saturated carbocycles. The molecule has 3 heterocycles. The minimum Gasteiger partial charge on any atom is -0.454 e. The molecule has 0 amide bonds. The molecule has 120 valence electrons. The first-order valence-electron chi connectivity index (χ1n) is 7.85. The highest BCUT2D eigenvalue weighted by molar-refractivity contribution is 5.88. The number of nitrogens with zero attached hydrogens (tertiary/aromatic N) is 1. The Labute approximate surface area is 138 Å². The molecule has 5 heteroatoms. The van der Waals surface area contributed by atoms with E-state index in [0.717, 1.165) is 50.7 Å². The van der Waals surface area contributed by atoms with Gasteiger partial charge in [-0.15, -0.1) is 0 Å². The first kappa shape index (κ1) is 13.5. The molecule has 0 bridgehead atoms. The van der Waals surface area contributed by atoms with Gasteiger partial charge in [-0.1, -0.05) is 6.07 Å². The molecule has 24 heavy (non-hydrogen) atoms. The van der Waals surface area contributed by atoms with Crippen LogP contribution in [0.3, 0.4) is 0 Å². The number of benzene rings is 2. The maximum absolute atomic E-state index is 5.52. The number of fused-ring (bicyclic) bond motifs is 3. The van der Waals surface area contributed by atoms with Crippen LogP contribution in [0.15, 0.2) is 36.4 Å². The zero-order chi connectivity index (χ0) is 16.1. The van der Waals surface area contributed by atoms with E-state index in [-0.39, 0.29) is 13.6 Å². The Morgan fingerprint density at radius 1 is 0.833 bits per heavy atom. The van der Waals surface area contributed by atoms with Crippen LogP contribution in [0.2, 0.25) is 0 Å². The minimum absolute atomic E-state index is 0.273. The van der Waals surface area contributed by atoms with E-state index in [1.807, 2.05) is 31.2 Å². The third-order valence-corrected chi connectivity index (χ3v) is 4.34. The SMILES string of the molecule is Cc1cc2cc3c(cc2c(Cc2ccc4c(c2)OCO4)n1)OCO3. The Morgan fingerprint density at radius 2 is 1.54 bits per heavy atom. The van der Waals surface area contributed by atoms with Crippen molar-refractivity contribution in [1.29, 1.82) is 0 Å². The van der Waals surface area contributed by atoms with Crippen LogP contribution in [0.5, 0.6) is 23.0 Å². The average molecular weight is 321 g/mol. The lowest BCUT2D eigenvalue weighted by Gasteiger charge is -2.09. The van der Waals surface area contributed by atoms with Crippen molar-refractivity contribution in [1.82, 2.24) is 4.98 Å². The highest BCUT2D eigenvalue weighted by Crippen LogP contribution is 2.38. The van der Waals surface area contributed by atoms with Crippen LogP contribution < -0.4 is 18.9 Å². The second-order valence-electron chi connectivity index (χ2n) is 6.00. The summed E-state index contributed by atoms with van der Waals surface area (Å²) in [6.07, 6.45) is 0.717. The van der Waals surface area contributed by atoms with Gasteiger partial charge in [-0.25, -0.2) is 0 Å². The molecule has 3 aromatic rings. The highest BCUT2D eigenvalue weighted by atomic mass is 16.7. The number of ether oxygens (including phenoxy) is 4. The average Bonchev–Trinajstić information content (AvgIpc) is 3.20. The predicted octanol–water partition coefficient (Wildman–Crippen LogP) is 3.59. The summed E-state index contributed by atoms with van der Waals surface area (Å²) < 4.78 is 21.8. The van der Waals surface area contributed by atoms with Crippen LogP contribution >= 0.6 is 0 Å². The summed E-state index contributed by atoms with van der Waals surface area (Å²) in [5, 5.41) is 2.20. The van der Waals surface area contributed by atoms with Gasteiger partial charge in [0.2, 0.25) is 13.6 Å². The van der Waals surface area contributed by atoms with Crippen LogP contribution in [0.4, 0.5) is 0 Å². The second kappa shape index (κ2) is 5.03. The van der Waals surface area contributed by atoms with Crippen molar-refractivity contribution < 1.29 is 18.9 Å². The molecule has 5 rings (SSSR count). The van der Waals surface area contributed by atoms with E-state index in [1.165, 1.54) is 0 Å². The Balaban J connectivity index is 1.61. The maximum atomic E-state index is 5.52. The van der Waals surface area contributed by atoms with Crippen LogP contribution in [0.1, 0.15) is 17.0 Å². The highest BCUT2D eigenvalue weighted by Gasteiger charge is 2.18. The lowest BCUT2D eigenvalue weighted by Crippen LogP contribution is -1.97. The molecule has 0 radical (unpaired) electrons. The van der Waals surface area contributed by atoms with Gasteiger partial charge in [-0.3, -0.25) is 4.98 Å². The van der Waals surface area contributed by atoms with Gasteiger partial charge >= 0.3 is 0 Å². The number of hydrogen-bond donors (Lipinski definition) is 0. The molecule has 0 unspecified atom stereocenters. The fraction of sp³-hybridized carbons (Fsp3) is 0.211. The summed E-state index contributed by atoms with van der Waals surface area (Å²) in [6.45, 7) is 2.57. The zero-order valence-electron chi connectivity index (χ0n) is 13.2. The summed E-state index contributed by atoms with van der Waals surface area (Å²) >= 11 is 0. The van der Waals surface area contributed by atoms with Crippen LogP contribution in [-0.4, -0.2) is 18.6 Å². The summed E-state index contributed by atoms with van der Waals surface area (Å²) in [5.41, 5.74) is 3.13. The van der Waals surface area contributed by atoms with Crippen LogP contribution in [-0.2, 0) is 6.42 Å². The van der Waals surface area contributed by atoms with Crippen molar-refractivity contribution >= 4 is 10.8 Å². The number of aromatic nitrogens is 1. The molecule has 1 aromatic heterocycles. The van der Waals surface area contributed by atoms with E-state index in [2.05, 4.69) is 12.1 Å². The first-order chi connectivity index (χ1) is 11.8. The van der Waals surface area contributed by atoms with Crippen molar-refractivity contribution in [2.75, 3.05) is 13.6 Å². The number of rotatable bonds is 2. The largest absolute Gasteiger partial charge is 0.454 e. The normalized spacial score (nSPS) is 14.4. The molecule has 5 nitrogen and oxygen atoms in total. The monoisotopic (exact) mass is 321 g/mol. The van der Waals surface area contributed by atoms with Crippen molar-refractivity contribution in [3.63, 3.8) is 0 Å². The molecule has 0 N–H and O–H groups in total. The van der Waals surface area contributed by atoms with Gasteiger partial charge < -0.3 is 18.9 Å². The van der Waals surface area contributed by atoms with E-state index in [1.54, 1.807) is 0 Å². The van der Waals surface area contributed by atoms with Crippen molar-refractivity contribution in [2.24, 2.45) is 0 Å². The van der Waals surface area contributed by atoms with E-state index in [0.29, 0.717) is 6.42 Å². The molecular weight excluding hydrogens is 306 g/mol. The Hall–Kier alpha value is -2.95. The molecule has 2 aliphatic rings. The standard InChI is InChI=1S/C19H15NO4/c1-11-4-13-7-18-19(24-10-23-18)8-14(13)15(20-11)5-12-2-3-16-17(6-12)22-9-21-16/h2-4,6-8H,5,9-10H2,1H3. The lowest BCUT2D eigenvalue weighted by atomic mass is 10.0. The number of aryl methyl sites for hydroxylation is 1. The summed E-state index contributed by atoms with van der Waals surface area (Å²) in [4.78, 5) is 4.75. The van der Waals surface area contributed by atoms with E-state index >= 15 is 0 Å². The van der Waals surface area contributed by atoms with Gasteiger partial charge in [0.25, 0.3) is 0 Å². The molecule has 0 saturated heterocycles. The van der Waals surface area contributed by atoms with Crippen LogP contribution in [0, 0.1) is 6.92 Å². The van der Waals surface area contributed by atoms with Gasteiger partial charge in [0.1, 0.15) is 0 Å². The molecule has 2 aromatic carbocycles. The van der Waals surface area contributed by atoms with E-state index in [4.69, 9.17) is 23.9 Å². The summed E-state index contributed by atoms with van der Waals surface area (Å²) in [7, 11) is 0. The Bertz CT molecular complexity index is 967. The van der Waals surface area contributed by atoms with Crippen LogP contribution in [0.25, 0.3) is 10.8 Å². The third-order valence-electron chi connectivity index (χ3n) is 4.34. The quantitative estimate of drug-likeness (QED) is 0.722. The first-order valence-corrected chi connectivity index (χ1v) is 7.85. The molecule has 0 aliphatic carbocycles. The Kier molecular flexibility index (Phi) is 2.82. The Morgan fingerprint density at radius 3 is 2.38 bits per heavy atom. The molecule has 0 spiro atoms. The van der Waals surface area contributed by atoms with E-state index < -0.39 is 0 Å². The summed E-state index contributed by atoms with van der Waals surface area (Å²) in [6, 6.07) is 12.1. The van der Waals surface area contributed by atoms with Crippen molar-refractivity contribution in [2.45, 2.75) is 13.3 Å². The van der Waals surface area contributed by atoms with Crippen molar-refractivity contribution in [3.05, 3.63) is 53.3 Å². The number of pyridine rings is 1. The second-order valence-corrected chi connectivity index (χ2v) is 6.00. The molecular formula is C19H15NO4. The fourth-order valence-electron chi connectivity index (χ4n) is 3.24. The lowest BCUT2D eigenvalue weighted by molar-refractivity contribution is 0.173. The smallest absolute Gasteiger partial charge is 0.231 e. The maximum Gasteiger partial charge on any atom is 0.231 e. The van der Waals surface area contributed by atoms with Gasteiger partial charge in [0, 0.05) is 17.5 Å². The summed E-state index contributed by atoms with van der Waals surface area (Å²) in [5.74, 6) is 3.16. The van der Waals surface area contributed by atoms with Gasteiger partial charge in [0.05, 0.1) is 5.69 Å². The van der Waals surface area contributed by atoms with Gasteiger partial charge in [-0.05, 0) is 48.2 Å². The number of hydrogen-bond acceptors (Lipinski definition) is 5. The predicted molar refractivity (Wildman–Crippen MR) is 88.0 cm³/mol. The van der Waals surface area contributed by atoms with Gasteiger partial charge in [0.15, 0.2) is 23.0 Å². The van der Waals surface area contributed by atoms with Gasteiger partial charge in [-0.2, -0.15) is 0 Å². The minimum atomic E-state index is 0.273. The fourth-order valence-corrected chi connectivity index (χ4v) is 3.24. The third kappa shape index (κ3) is 2.12. The topological polar surface area (TPSA) is 49.8 Å². The molecule has 0 atom stereocenters. The molecule has 2 aliphatic heterocycles. The van der Waals surface area contributed by atoms with E-state index in [9.17, 15) is 0 Å². The van der Waals surface area contributed by atoms with Crippen molar-refractivity contribution in [3.8, 4) is 23.0 Å². The molecule has 0 fully saturated rings.